The number of carbonyl (C=O) groups excluding carboxylic acids is 1. The van der Waals surface area contributed by atoms with Crippen LogP contribution in [0.5, 0.6) is 5.75 Å². The molecule has 3 aromatic rings. The van der Waals surface area contributed by atoms with Gasteiger partial charge in [0.25, 0.3) is 0 Å². The molecule has 0 aliphatic rings. The molecule has 47 heavy (non-hydrogen) atoms. The summed E-state index contributed by atoms with van der Waals surface area (Å²) < 4.78 is 59.1. The monoisotopic (exact) mass is 664 g/mol. The van der Waals surface area contributed by atoms with Crippen LogP contribution in [-0.2, 0) is 22.1 Å². The number of furan rings is 1. The lowest BCUT2D eigenvalue weighted by Gasteiger charge is -2.43. The van der Waals surface area contributed by atoms with Gasteiger partial charge in [0.05, 0.1) is 23.7 Å². The second kappa shape index (κ2) is 15.4. The van der Waals surface area contributed by atoms with Crippen LogP contribution in [0.25, 0.3) is 22.3 Å². The van der Waals surface area contributed by atoms with Gasteiger partial charge in [0.2, 0.25) is 0 Å². The number of benzene rings is 2. The van der Waals surface area contributed by atoms with E-state index in [1.54, 1.807) is 30.3 Å². The first-order valence-corrected chi connectivity index (χ1v) is 16.2. The number of aliphatic hydroxyl groups excluding tert-OH is 3. The van der Waals surface area contributed by atoms with Crippen molar-refractivity contribution < 1.29 is 47.2 Å². The zero-order valence-corrected chi connectivity index (χ0v) is 28.7. The summed E-state index contributed by atoms with van der Waals surface area (Å²) in [6.07, 6.45) is -3.48. The van der Waals surface area contributed by atoms with Crippen LogP contribution in [0, 0.1) is 22.2 Å². The maximum Gasteiger partial charge on any atom is 0.417 e. The third kappa shape index (κ3) is 10.5. The van der Waals surface area contributed by atoms with Crippen LogP contribution in [0.15, 0.2) is 46.9 Å². The van der Waals surface area contributed by atoms with Gasteiger partial charge in [-0.15, -0.1) is 0 Å². The van der Waals surface area contributed by atoms with E-state index in [0.29, 0.717) is 48.0 Å². The highest BCUT2D eigenvalue weighted by atomic mass is 19.4. The molecule has 3 atom stereocenters. The Kier molecular flexibility index (Phi) is 12.6. The molecule has 1 heterocycles. The standard InChI is InChI=1S/C37H51F3O7/c1-34(2,3)23-36(7,35(4,5)6)33(44)46-22-27(43)13-10-25(20-42)21-45-28-14-12-26-18-32(47-31(26)19-28)29-15-11-24(9-8-16-41)17-30(29)37(38,39)40/h11-12,14-15,17-19,25,27,41-43H,8-10,13,16,20-23H2,1-7H3. The van der Waals surface area contributed by atoms with Gasteiger partial charge in [-0.2, -0.15) is 13.2 Å². The lowest BCUT2D eigenvalue weighted by atomic mass is 9.61. The summed E-state index contributed by atoms with van der Waals surface area (Å²) in [4.78, 5) is 13.2. The highest BCUT2D eigenvalue weighted by molar-refractivity contribution is 5.84. The van der Waals surface area contributed by atoms with Crippen molar-refractivity contribution in [1.29, 1.82) is 0 Å². The molecule has 0 amide bonds. The smallest absolute Gasteiger partial charge is 0.417 e. The number of hydrogen-bond donors (Lipinski definition) is 3. The van der Waals surface area contributed by atoms with Crippen LogP contribution in [0.1, 0.15) is 85.3 Å². The van der Waals surface area contributed by atoms with E-state index in [1.165, 1.54) is 6.07 Å². The minimum absolute atomic E-state index is 0.0716. The molecule has 7 nitrogen and oxygen atoms in total. The average molecular weight is 665 g/mol. The maximum absolute atomic E-state index is 13.9. The zero-order valence-electron chi connectivity index (χ0n) is 28.7. The summed E-state index contributed by atoms with van der Waals surface area (Å²) in [5, 5.41) is 30.2. The molecule has 0 fully saturated rings. The van der Waals surface area contributed by atoms with Gasteiger partial charge in [-0.05, 0) is 79.7 Å². The van der Waals surface area contributed by atoms with Gasteiger partial charge in [-0.25, -0.2) is 0 Å². The number of alkyl halides is 3. The molecule has 0 saturated heterocycles. The molecular weight excluding hydrogens is 613 g/mol. The molecule has 0 saturated carbocycles. The third-order valence-corrected chi connectivity index (χ3v) is 8.82. The Hall–Kier alpha value is -3.08. The second-order valence-corrected chi connectivity index (χ2v) is 15.0. The van der Waals surface area contributed by atoms with Crippen molar-refractivity contribution in [2.75, 3.05) is 26.4 Å². The van der Waals surface area contributed by atoms with E-state index in [4.69, 9.17) is 19.0 Å². The first-order chi connectivity index (χ1) is 21.8. The average Bonchev–Trinajstić information content (AvgIpc) is 3.40. The van der Waals surface area contributed by atoms with Crippen molar-refractivity contribution in [1.82, 2.24) is 0 Å². The molecule has 0 aliphatic heterocycles. The van der Waals surface area contributed by atoms with E-state index >= 15 is 0 Å². The van der Waals surface area contributed by atoms with Crippen molar-refractivity contribution in [3.63, 3.8) is 0 Å². The molecule has 0 aliphatic carbocycles. The fraction of sp³-hybridized carbons (Fsp3) is 0.595. The summed E-state index contributed by atoms with van der Waals surface area (Å²) >= 11 is 0. The number of rotatable bonds is 15. The number of aryl methyl sites for hydroxylation is 1. The highest BCUT2D eigenvalue weighted by Crippen LogP contribution is 2.47. The minimum atomic E-state index is -4.59. The summed E-state index contributed by atoms with van der Waals surface area (Å²) in [6, 6.07) is 10.6. The zero-order chi connectivity index (χ0) is 35.2. The van der Waals surface area contributed by atoms with Crippen LogP contribution in [0.3, 0.4) is 0 Å². The number of ether oxygens (including phenoxy) is 2. The summed E-state index contributed by atoms with van der Waals surface area (Å²) in [5.41, 5.74) is -1.24. The van der Waals surface area contributed by atoms with Crippen molar-refractivity contribution in [3.05, 3.63) is 53.6 Å². The number of hydrogen-bond acceptors (Lipinski definition) is 7. The predicted molar refractivity (Wildman–Crippen MR) is 176 cm³/mol. The Morgan fingerprint density at radius 2 is 1.62 bits per heavy atom. The molecule has 1 aromatic heterocycles. The van der Waals surface area contributed by atoms with Gasteiger partial charge in [0, 0.05) is 36.1 Å². The number of halogens is 3. The van der Waals surface area contributed by atoms with Gasteiger partial charge >= 0.3 is 12.1 Å². The lowest BCUT2D eigenvalue weighted by Crippen LogP contribution is -2.45. The molecule has 0 spiro atoms. The highest BCUT2D eigenvalue weighted by Gasteiger charge is 2.47. The number of carbonyl (C=O) groups is 1. The molecular formula is C37H51F3O7. The predicted octanol–water partition coefficient (Wildman–Crippen LogP) is 8.20. The van der Waals surface area contributed by atoms with Crippen LogP contribution in [0.2, 0.25) is 0 Å². The SMILES string of the molecule is CC(C)(C)CC(C)(C(=O)OCC(O)CCC(CO)COc1ccc2cc(-c3ccc(CCCO)cc3C(F)(F)F)oc2c1)C(C)(C)C. The Morgan fingerprint density at radius 1 is 0.915 bits per heavy atom. The number of aliphatic hydroxyl groups is 3. The summed E-state index contributed by atoms with van der Waals surface area (Å²) in [5.74, 6) is -0.172. The Balaban J connectivity index is 1.61. The molecule has 0 radical (unpaired) electrons. The maximum atomic E-state index is 13.9. The molecule has 0 bridgehead atoms. The fourth-order valence-corrected chi connectivity index (χ4v) is 5.70. The Morgan fingerprint density at radius 3 is 2.21 bits per heavy atom. The van der Waals surface area contributed by atoms with E-state index in [1.807, 2.05) is 27.7 Å². The lowest BCUT2D eigenvalue weighted by molar-refractivity contribution is -0.168. The topological polar surface area (TPSA) is 109 Å². The quantitative estimate of drug-likeness (QED) is 0.141. The van der Waals surface area contributed by atoms with Crippen LogP contribution < -0.4 is 4.74 Å². The van der Waals surface area contributed by atoms with Crippen molar-refractivity contribution in [3.8, 4) is 17.1 Å². The molecule has 2 aromatic carbocycles. The van der Waals surface area contributed by atoms with Gasteiger partial charge in [0.15, 0.2) is 0 Å². The largest absolute Gasteiger partial charge is 0.493 e. The van der Waals surface area contributed by atoms with Crippen LogP contribution >= 0.6 is 0 Å². The number of esters is 1. The number of fused-ring (bicyclic) bond motifs is 1. The van der Waals surface area contributed by atoms with E-state index in [2.05, 4.69) is 20.8 Å². The first kappa shape index (κ1) is 38.4. The Labute approximate surface area is 276 Å². The Bertz CT molecular complexity index is 1470. The summed E-state index contributed by atoms with van der Waals surface area (Å²) in [6.45, 7) is 13.9. The van der Waals surface area contributed by atoms with E-state index in [0.717, 1.165) is 6.07 Å². The van der Waals surface area contributed by atoms with Gasteiger partial charge < -0.3 is 29.2 Å². The molecule has 10 heteroatoms. The third-order valence-electron chi connectivity index (χ3n) is 8.82. The minimum Gasteiger partial charge on any atom is -0.493 e. The fourth-order valence-electron chi connectivity index (χ4n) is 5.70. The summed E-state index contributed by atoms with van der Waals surface area (Å²) in [7, 11) is 0. The second-order valence-electron chi connectivity index (χ2n) is 15.0. The molecule has 3 N–H and O–H groups in total. The molecule has 3 rings (SSSR count). The molecule has 3 unspecified atom stereocenters. The van der Waals surface area contributed by atoms with E-state index in [9.17, 15) is 28.2 Å². The van der Waals surface area contributed by atoms with Gasteiger partial charge in [-0.3, -0.25) is 4.79 Å². The van der Waals surface area contributed by atoms with Crippen molar-refractivity contribution >= 4 is 16.9 Å². The van der Waals surface area contributed by atoms with Crippen molar-refractivity contribution in [2.24, 2.45) is 22.2 Å². The van der Waals surface area contributed by atoms with E-state index in [-0.39, 0.29) is 66.9 Å². The normalized spacial score (nSPS) is 15.3. The van der Waals surface area contributed by atoms with Gasteiger partial charge in [0.1, 0.15) is 23.7 Å². The van der Waals surface area contributed by atoms with Gasteiger partial charge in [-0.1, -0.05) is 53.7 Å². The van der Waals surface area contributed by atoms with E-state index < -0.39 is 23.3 Å². The van der Waals surface area contributed by atoms with Crippen molar-refractivity contribution in [2.45, 2.75) is 92.9 Å². The molecule has 262 valence electrons. The van der Waals surface area contributed by atoms with Crippen LogP contribution in [0.4, 0.5) is 13.2 Å². The van der Waals surface area contributed by atoms with Crippen LogP contribution in [-0.4, -0.2) is 53.8 Å². The first-order valence-electron chi connectivity index (χ1n) is 16.2.